The van der Waals surface area contributed by atoms with Crippen LogP contribution in [0.5, 0.6) is 17.2 Å². The number of nitrogens with zero attached hydrogens (tertiary/aromatic N) is 3. The molecule has 0 spiro atoms. The third kappa shape index (κ3) is 3.06. The van der Waals surface area contributed by atoms with Crippen LogP contribution in [0.4, 0.5) is 17.1 Å². The average molecular weight is 289 g/mol. The van der Waals surface area contributed by atoms with Crippen molar-refractivity contribution in [2.45, 2.75) is 6.92 Å². The van der Waals surface area contributed by atoms with Crippen LogP contribution in [0.1, 0.15) is 5.56 Å². The molecule has 0 unspecified atom stereocenters. The second-order valence-electron chi connectivity index (χ2n) is 4.28. The summed E-state index contributed by atoms with van der Waals surface area (Å²) in [4.78, 5) is 10.1. The molecule has 2 rings (SSSR count). The number of nitro groups is 1. The van der Waals surface area contributed by atoms with Gasteiger partial charge < -0.3 is 15.3 Å². The fourth-order valence-corrected chi connectivity index (χ4v) is 1.66. The molecule has 0 radical (unpaired) electrons. The van der Waals surface area contributed by atoms with Crippen molar-refractivity contribution in [1.29, 1.82) is 0 Å². The first-order valence-corrected chi connectivity index (χ1v) is 5.80. The molecule has 8 nitrogen and oxygen atoms in total. The van der Waals surface area contributed by atoms with E-state index in [4.69, 9.17) is 5.11 Å². The molecule has 108 valence electrons. The number of hydrogen-bond acceptors (Lipinski definition) is 7. The Labute approximate surface area is 118 Å². The number of phenolic OH excluding ortho intramolecular Hbond substituents is 3. The fourth-order valence-electron chi connectivity index (χ4n) is 1.66. The lowest BCUT2D eigenvalue weighted by molar-refractivity contribution is -0.385. The molecular formula is C13H11N3O5. The molecule has 8 heteroatoms. The van der Waals surface area contributed by atoms with E-state index in [1.165, 1.54) is 24.3 Å². The Balaban J connectivity index is 2.43. The highest BCUT2D eigenvalue weighted by Gasteiger charge is 2.18. The summed E-state index contributed by atoms with van der Waals surface area (Å²) < 4.78 is 0. The lowest BCUT2D eigenvalue weighted by Crippen LogP contribution is -1.89. The molecule has 0 aliphatic heterocycles. The van der Waals surface area contributed by atoms with Gasteiger partial charge in [0.15, 0.2) is 0 Å². The number of azo groups is 1. The maximum atomic E-state index is 10.8. The van der Waals surface area contributed by atoms with Crippen molar-refractivity contribution >= 4 is 17.1 Å². The Morgan fingerprint density at radius 1 is 1.05 bits per heavy atom. The smallest absolute Gasteiger partial charge is 0.313 e. The van der Waals surface area contributed by atoms with Crippen molar-refractivity contribution in [3.63, 3.8) is 0 Å². The highest BCUT2D eigenvalue weighted by molar-refractivity contribution is 5.64. The molecule has 21 heavy (non-hydrogen) atoms. The van der Waals surface area contributed by atoms with E-state index in [0.717, 1.165) is 6.07 Å². The molecule has 2 aromatic rings. The molecule has 0 saturated carbocycles. The Kier molecular flexibility index (Phi) is 3.70. The summed E-state index contributed by atoms with van der Waals surface area (Å²) in [6, 6.07) is 6.32. The number of nitro benzene ring substituents is 1. The molecular weight excluding hydrogens is 278 g/mol. The van der Waals surface area contributed by atoms with Crippen LogP contribution >= 0.6 is 0 Å². The Bertz CT molecular complexity index is 743. The van der Waals surface area contributed by atoms with Gasteiger partial charge in [0, 0.05) is 12.1 Å². The Morgan fingerprint density at radius 3 is 2.33 bits per heavy atom. The lowest BCUT2D eigenvalue weighted by atomic mass is 10.2. The fraction of sp³-hybridized carbons (Fsp3) is 0.0769. The molecule has 0 amide bonds. The van der Waals surface area contributed by atoms with E-state index < -0.39 is 16.4 Å². The zero-order valence-electron chi connectivity index (χ0n) is 10.9. The largest absolute Gasteiger partial charge is 0.508 e. The normalized spacial score (nSPS) is 10.9. The van der Waals surface area contributed by atoms with Crippen molar-refractivity contribution in [2.24, 2.45) is 10.2 Å². The molecule has 0 aliphatic rings. The molecule has 0 fully saturated rings. The maximum absolute atomic E-state index is 10.8. The van der Waals surface area contributed by atoms with Gasteiger partial charge >= 0.3 is 5.69 Å². The Hall–Kier alpha value is -3.16. The van der Waals surface area contributed by atoms with Crippen LogP contribution in [-0.4, -0.2) is 20.2 Å². The first kappa shape index (κ1) is 14.3. The minimum atomic E-state index is -0.723. The number of aryl methyl sites for hydroxylation is 1. The third-order valence-electron chi connectivity index (χ3n) is 2.64. The monoisotopic (exact) mass is 289 g/mol. The van der Waals surface area contributed by atoms with Gasteiger partial charge in [-0.2, -0.15) is 0 Å². The SMILES string of the molecule is Cc1cc(N=Nc2ccc(O)cc2O)c(O)c([N+](=O)[O-])c1. The van der Waals surface area contributed by atoms with E-state index in [1.54, 1.807) is 6.92 Å². The van der Waals surface area contributed by atoms with Crippen molar-refractivity contribution < 1.29 is 20.2 Å². The van der Waals surface area contributed by atoms with Gasteiger partial charge in [-0.05, 0) is 30.7 Å². The van der Waals surface area contributed by atoms with Gasteiger partial charge in [0.1, 0.15) is 22.9 Å². The second-order valence-corrected chi connectivity index (χ2v) is 4.28. The lowest BCUT2D eigenvalue weighted by Gasteiger charge is -2.02. The number of benzene rings is 2. The van der Waals surface area contributed by atoms with Crippen molar-refractivity contribution in [3.05, 3.63) is 46.0 Å². The van der Waals surface area contributed by atoms with Crippen molar-refractivity contribution in [3.8, 4) is 17.2 Å². The molecule has 0 saturated heterocycles. The molecule has 0 atom stereocenters. The topological polar surface area (TPSA) is 129 Å². The summed E-state index contributed by atoms with van der Waals surface area (Å²) in [7, 11) is 0. The summed E-state index contributed by atoms with van der Waals surface area (Å²) in [5, 5.41) is 46.7. The van der Waals surface area contributed by atoms with E-state index in [2.05, 4.69) is 10.2 Å². The zero-order chi connectivity index (χ0) is 15.6. The van der Waals surface area contributed by atoms with E-state index in [0.29, 0.717) is 5.56 Å². The standard InChI is InChI=1S/C13H11N3O5/c1-7-4-10(13(19)11(5-7)16(20)21)15-14-9-3-2-8(17)6-12(9)18/h2-6,17-19H,1H3. The quantitative estimate of drug-likeness (QED) is 0.453. The minimum Gasteiger partial charge on any atom is -0.508 e. The summed E-state index contributed by atoms with van der Waals surface area (Å²) >= 11 is 0. The molecule has 0 aromatic heterocycles. The van der Waals surface area contributed by atoms with Gasteiger partial charge in [-0.25, -0.2) is 0 Å². The van der Waals surface area contributed by atoms with Crippen LogP contribution in [0.25, 0.3) is 0 Å². The first-order valence-electron chi connectivity index (χ1n) is 5.80. The summed E-state index contributed by atoms with van der Waals surface area (Å²) in [5.41, 5.74) is 0.0211. The summed E-state index contributed by atoms with van der Waals surface area (Å²) in [5.74, 6) is -1.05. The summed E-state index contributed by atoms with van der Waals surface area (Å²) in [6.45, 7) is 1.61. The number of aromatic hydroxyl groups is 3. The van der Waals surface area contributed by atoms with Crippen molar-refractivity contribution in [1.82, 2.24) is 0 Å². The molecule has 2 aromatic carbocycles. The Morgan fingerprint density at radius 2 is 1.71 bits per heavy atom. The highest BCUT2D eigenvalue weighted by Crippen LogP contribution is 2.39. The van der Waals surface area contributed by atoms with E-state index in [9.17, 15) is 20.3 Å². The summed E-state index contributed by atoms with van der Waals surface area (Å²) in [6.07, 6.45) is 0. The first-order chi connectivity index (χ1) is 9.88. The number of rotatable bonds is 3. The maximum Gasteiger partial charge on any atom is 0.313 e. The van der Waals surface area contributed by atoms with E-state index in [-0.39, 0.29) is 22.9 Å². The van der Waals surface area contributed by atoms with Crippen LogP contribution in [-0.2, 0) is 0 Å². The third-order valence-corrected chi connectivity index (χ3v) is 2.64. The number of hydrogen-bond donors (Lipinski definition) is 3. The molecule has 0 aliphatic carbocycles. The van der Waals surface area contributed by atoms with Gasteiger partial charge in [-0.15, -0.1) is 10.2 Å². The van der Waals surface area contributed by atoms with Crippen LogP contribution in [0.3, 0.4) is 0 Å². The van der Waals surface area contributed by atoms with Gasteiger partial charge in [0.05, 0.1) is 4.92 Å². The minimum absolute atomic E-state index is 0.0522. The number of phenols is 3. The average Bonchev–Trinajstić information content (AvgIpc) is 2.40. The van der Waals surface area contributed by atoms with Gasteiger partial charge in [0.25, 0.3) is 0 Å². The van der Waals surface area contributed by atoms with Crippen LogP contribution in [0.15, 0.2) is 40.6 Å². The molecule has 0 bridgehead atoms. The van der Waals surface area contributed by atoms with Gasteiger partial charge in [-0.1, -0.05) is 0 Å². The molecule has 0 heterocycles. The zero-order valence-corrected chi connectivity index (χ0v) is 10.9. The molecule has 3 N–H and O–H groups in total. The second kappa shape index (κ2) is 5.45. The van der Waals surface area contributed by atoms with E-state index in [1.807, 2.05) is 0 Å². The van der Waals surface area contributed by atoms with Crippen LogP contribution in [0.2, 0.25) is 0 Å². The van der Waals surface area contributed by atoms with Crippen LogP contribution in [0, 0.1) is 17.0 Å². The predicted octanol–water partition coefficient (Wildman–Crippen LogP) is 3.44. The van der Waals surface area contributed by atoms with Crippen molar-refractivity contribution in [2.75, 3.05) is 0 Å². The van der Waals surface area contributed by atoms with Gasteiger partial charge in [0.2, 0.25) is 5.75 Å². The van der Waals surface area contributed by atoms with E-state index >= 15 is 0 Å². The van der Waals surface area contributed by atoms with Gasteiger partial charge in [-0.3, -0.25) is 10.1 Å². The van der Waals surface area contributed by atoms with Crippen LogP contribution < -0.4 is 0 Å². The predicted molar refractivity (Wildman–Crippen MR) is 73.4 cm³/mol. The highest BCUT2D eigenvalue weighted by atomic mass is 16.6.